The van der Waals surface area contributed by atoms with E-state index in [4.69, 9.17) is 27.9 Å². The van der Waals surface area contributed by atoms with Crippen molar-refractivity contribution in [1.82, 2.24) is 0 Å². The van der Waals surface area contributed by atoms with Gasteiger partial charge in [-0.15, -0.1) is 0 Å². The maximum Gasteiger partial charge on any atom is 0.420 e. The molecule has 1 aromatic rings. The first kappa shape index (κ1) is 11.9. The first-order valence-corrected chi connectivity index (χ1v) is 4.74. The van der Waals surface area contributed by atoms with Crippen molar-refractivity contribution in [3.8, 4) is 0 Å². The summed E-state index contributed by atoms with van der Waals surface area (Å²) in [5.74, 6) is 0. The minimum atomic E-state index is -0.892. The van der Waals surface area contributed by atoms with Crippen molar-refractivity contribution >= 4 is 29.7 Å². The topological polar surface area (TPSA) is 35.5 Å². The van der Waals surface area contributed by atoms with Crippen LogP contribution < -0.4 is 0 Å². The van der Waals surface area contributed by atoms with E-state index in [9.17, 15) is 4.79 Å². The van der Waals surface area contributed by atoms with Crippen LogP contribution in [-0.2, 0) is 14.3 Å². The molecule has 1 radical (unpaired) electrons. The lowest BCUT2D eigenvalue weighted by molar-refractivity contribution is -0.0434. The zero-order chi connectivity index (χ0) is 11.1. The van der Waals surface area contributed by atoms with E-state index in [2.05, 4.69) is 4.74 Å². The Kier molecular flexibility index (Phi) is 5.01. The largest absolute Gasteiger partial charge is 0.456 e. The Labute approximate surface area is 97.2 Å². The van der Waals surface area contributed by atoms with Crippen molar-refractivity contribution in [3.63, 3.8) is 0 Å². The van der Waals surface area contributed by atoms with E-state index in [0.29, 0.717) is 5.56 Å². The highest BCUT2D eigenvalue weighted by molar-refractivity contribution is 6.55. The number of halogens is 2. The Hall–Kier alpha value is -1.19. The number of rotatable bonds is 5. The number of ether oxygens (including phenoxy) is 2. The maximum atomic E-state index is 10.1. The van der Waals surface area contributed by atoms with E-state index in [1.165, 1.54) is 6.47 Å². The molecule has 1 atom stereocenters. The van der Waals surface area contributed by atoms with Crippen LogP contribution >= 0.6 is 23.2 Å². The highest BCUT2D eigenvalue weighted by atomic mass is 35.5. The molecule has 1 aromatic carbocycles. The molecule has 5 heteroatoms. The molecule has 0 bridgehead atoms. The fraction of sp³-hybridized carbons (Fsp3) is 0.100. The minimum absolute atomic E-state index is 0.0644. The molecule has 0 saturated carbocycles. The van der Waals surface area contributed by atoms with Gasteiger partial charge in [0.2, 0.25) is 0 Å². The monoisotopic (exact) mass is 245 g/mol. The standard InChI is InChI=1S/C10H7Cl2O3/c11-9(12)6-14-10(15-7-13)8-4-2-1-3-5-8/h1-6,10H. The van der Waals surface area contributed by atoms with Crippen LogP contribution in [0, 0.1) is 0 Å². The van der Waals surface area contributed by atoms with Crippen LogP contribution in [0.1, 0.15) is 11.9 Å². The number of hydrogen-bond acceptors (Lipinski definition) is 3. The summed E-state index contributed by atoms with van der Waals surface area (Å²) in [6.45, 7) is 1.30. The lowest BCUT2D eigenvalue weighted by Gasteiger charge is -2.13. The number of hydrogen-bond donors (Lipinski definition) is 0. The van der Waals surface area contributed by atoms with Crippen LogP contribution in [0.25, 0.3) is 0 Å². The molecular formula is C10H7Cl2O3. The summed E-state index contributed by atoms with van der Waals surface area (Å²) in [7, 11) is 0. The van der Waals surface area contributed by atoms with E-state index in [1.54, 1.807) is 24.3 Å². The van der Waals surface area contributed by atoms with Crippen molar-refractivity contribution in [1.29, 1.82) is 0 Å². The average Bonchev–Trinajstić information content (AvgIpc) is 2.25. The summed E-state index contributed by atoms with van der Waals surface area (Å²) in [6, 6.07) is 8.86. The molecule has 0 aliphatic rings. The predicted octanol–water partition coefficient (Wildman–Crippen LogP) is 3.06. The Balaban J connectivity index is 2.74. The molecule has 0 aliphatic heterocycles. The molecule has 0 saturated heterocycles. The molecule has 0 aliphatic carbocycles. The van der Waals surface area contributed by atoms with Gasteiger partial charge in [0.1, 0.15) is 10.8 Å². The zero-order valence-corrected chi connectivity index (χ0v) is 9.03. The van der Waals surface area contributed by atoms with Gasteiger partial charge in [0.05, 0.1) is 0 Å². The van der Waals surface area contributed by atoms with Gasteiger partial charge in [0.15, 0.2) is 0 Å². The summed E-state index contributed by atoms with van der Waals surface area (Å²) in [6.07, 6.45) is 0.189. The van der Waals surface area contributed by atoms with Crippen LogP contribution in [-0.4, -0.2) is 6.47 Å². The molecule has 0 heterocycles. The van der Waals surface area contributed by atoms with Crippen LogP contribution in [0.4, 0.5) is 0 Å². The fourth-order valence-electron chi connectivity index (χ4n) is 0.941. The predicted molar refractivity (Wildman–Crippen MR) is 56.8 cm³/mol. The van der Waals surface area contributed by atoms with E-state index in [-0.39, 0.29) is 4.49 Å². The van der Waals surface area contributed by atoms with E-state index in [0.717, 1.165) is 6.26 Å². The third-order valence-corrected chi connectivity index (χ3v) is 1.69. The first-order chi connectivity index (χ1) is 7.24. The molecule has 0 aromatic heterocycles. The molecule has 1 unspecified atom stereocenters. The summed E-state index contributed by atoms with van der Waals surface area (Å²) in [5, 5.41) is 0. The summed E-state index contributed by atoms with van der Waals surface area (Å²) in [4.78, 5) is 10.1. The molecule has 79 valence electrons. The highest BCUT2D eigenvalue weighted by Crippen LogP contribution is 2.19. The van der Waals surface area contributed by atoms with Gasteiger partial charge in [-0.25, -0.2) is 4.79 Å². The van der Waals surface area contributed by atoms with Gasteiger partial charge >= 0.3 is 6.47 Å². The quantitative estimate of drug-likeness (QED) is 0.591. The molecule has 0 fully saturated rings. The Morgan fingerprint density at radius 3 is 2.53 bits per heavy atom. The number of benzene rings is 1. The second kappa shape index (κ2) is 6.32. The first-order valence-electron chi connectivity index (χ1n) is 3.98. The lowest BCUT2D eigenvalue weighted by atomic mass is 10.2. The third kappa shape index (κ3) is 4.23. The van der Waals surface area contributed by atoms with Crippen LogP contribution in [0.3, 0.4) is 0 Å². The SMILES string of the molecule is O=[C]OC(OC=C(Cl)Cl)c1ccccc1. The van der Waals surface area contributed by atoms with Crippen molar-refractivity contribution in [2.24, 2.45) is 0 Å². The van der Waals surface area contributed by atoms with Gasteiger partial charge in [-0.2, -0.15) is 0 Å². The third-order valence-electron chi connectivity index (χ3n) is 1.51. The normalized spacial score (nSPS) is 11.3. The Morgan fingerprint density at radius 1 is 1.33 bits per heavy atom. The van der Waals surface area contributed by atoms with Crippen molar-refractivity contribution in [2.45, 2.75) is 6.29 Å². The van der Waals surface area contributed by atoms with E-state index in [1.807, 2.05) is 6.07 Å². The molecule has 3 nitrogen and oxygen atoms in total. The van der Waals surface area contributed by atoms with E-state index < -0.39 is 6.29 Å². The van der Waals surface area contributed by atoms with Gasteiger partial charge in [0.25, 0.3) is 6.29 Å². The highest BCUT2D eigenvalue weighted by Gasteiger charge is 2.11. The van der Waals surface area contributed by atoms with E-state index >= 15 is 0 Å². The maximum absolute atomic E-state index is 10.1. The molecule has 0 amide bonds. The van der Waals surface area contributed by atoms with Crippen LogP contribution in [0.15, 0.2) is 41.1 Å². The molecule has 0 N–H and O–H groups in total. The number of carbonyl (C=O) groups excluding carboxylic acids is 1. The molecule has 0 spiro atoms. The Bertz CT molecular complexity index is 334. The second-order valence-corrected chi connectivity index (χ2v) is 3.50. The van der Waals surface area contributed by atoms with Crippen molar-refractivity contribution in [3.05, 3.63) is 46.6 Å². The summed E-state index contributed by atoms with van der Waals surface area (Å²) < 4.78 is 9.54. The van der Waals surface area contributed by atoms with Crippen LogP contribution in [0.5, 0.6) is 0 Å². The van der Waals surface area contributed by atoms with Crippen molar-refractivity contribution in [2.75, 3.05) is 0 Å². The summed E-state index contributed by atoms with van der Waals surface area (Å²) in [5.41, 5.74) is 0.659. The molecule has 1 rings (SSSR count). The lowest BCUT2D eigenvalue weighted by Crippen LogP contribution is -2.04. The van der Waals surface area contributed by atoms with Crippen LogP contribution in [0.2, 0.25) is 0 Å². The van der Waals surface area contributed by atoms with Gasteiger partial charge in [-0.05, 0) is 0 Å². The molecular weight excluding hydrogens is 239 g/mol. The smallest absolute Gasteiger partial charge is 0.420 e. The van der Waals surface area contributed by atoms with Gasteiger partial charge < -0.3 is 9.47 Å². The van der Waals surface area contributed by atoms with Gasteiger partial charge in [-0.3, -0.25) is 0 Å². The average molecular weight is 246 g/mol. The fourth-order valence-corrected chi connectivity index (χ4v) is 1.04. The minimum Gasteiger partial charge on any atom is -0.456 e. The zero-order valence-electron chi connectivity index (χ0n) is 7.52. The molecule has 15 heavy (non-hydrogen) atoms. The van der Waals surface area contributed by atoms with Gasteiger partial charge in [-0.1, -0.05) is 53.5 Å². The Morgan fingerprint density at radius 2 is 2.00 bits per heavy atom. The second-order valence-electron chi connectivity index (χ2n) is 2.49. The summed E-state index contributed by atoms with van der Waals surface area (Å²) >= 11 is 10.7. The van der Waals surface area contributed by atoms with Gasteiger partial charge in [0, 0.05) is 5.56 Å². The van der Waals surface area contributed by atoms with Crippen molar-refractivity contribution < 1.29 is 14.3 Å².